The molecule has 0 fully saturated rings. The molecule has 0 aromatic heterocycles. The SMILES string of the molecule is CC[C@@H](C)NC(=O)[C@H](CC)N(Cc1c(Cl)cccc1Cl)C(=O)Cc1c(Cl)cccc1Cl. The Bertz CT molecular complexity index is 895. The molecule has 4 nitrogen and oxygen atoms in total. The Morgan fingerprint density at radius 1 is 0.871 bits per heavy atom. The molecule has 2 rings (SSSR count). The number of hydrogen-bond donors (Lipinski definition) is 1. The molecular weight excluding hydrogens is 478 g/mol. The van der Waals surface area contributed by atoms with E-state index >= 15 is 0 Å². The van der Waals surface area contributed by atoms with E-state index in [2.05, 4.69) is 5.32 Å². The Hall–Kier alpha value is -1.46. The van der Waals surface area contributed by atoms with E-state index in [4.69, 9.17) is 46.4 Å². The highest BCUT2D eigenvalue weighted by atomic mass is 35.5. The largest absolute Gasteiger partial charge is 0.352 e. The molecule has 8 heteroatoms. The van der Waals surface area contributed by atoms with Gasteiger partial charge in [-0.25, -0.2) is 0 Å². The van der Waals surface area contributed by atoms with Crippen LogP contribution in [0.25, 0.3) is 0 Å². The number of amides is 2. The van der Waals surface area contributed by atoms with Gasteiger partial charge >= 0.3 is 0 Å². The van der Waals surface area contributed by atoms with Gasteiger partial charge in [-0.05, 0) is 49.6 Å². The number of carbonyl (C=O) groups excluding carboxylic acids is 2. The van der Waals surface area contributed by atoms with Crippen molar-refractivity contribution >= 4 is 58.2 Å². The van der Waals surface area contributed by atoms with Crippen LogP contribution >= 0.6 is 46.4 Å². The molecule has 0 aliphatic carbocycles. The molecule has 0 bridgehead atoms. The first-order chi connectivity index (χ1) is 14.7. The molecule has 0 aliphatic heterocycles. The van der Waals surface area contributed by atoms with Crippen LogP contribution in [0.5, 0.6) is 0 Å². The van der Waals surface area contributed by atoms with Gasteiger partial charge in [-0.2, -0.15) is 0 Å². The van der Waals surface area contributed by atoms with Gasteiger partial charge in [0.2, 0.25) is 11.8 Å². The lowest BCUT2D eigenvalue weighted by molar-refractivity contribution is -0.141. The summed E-state index contributed by atoms with van der Waals surface area (Å²) in [4.78, 5) is 28.0. The van der Waals surface area contributed by atoms with Crippen LogP contribution in [0.2, 0.25) is 20.1 Å². The van der Waals surface area contributed by atoms with E-state index in [0.717, 1.165) is 6.42 Å². The minimum Gasteiger partial charge on any atom is -0.352 e. The van der Waals surface area contributed by atoms with Gasteiger partial charge in [0.15, 0.2) is 0 Å². The highest BCUT2D eigenvalue weighted by Crippen LogP contribution is 2.29. The Balaban J connectivity index is 2.43. The molecule has 2 amide bonds. The minimum absolute atomic E-state index is 0.0135. The third kappa shape index (κ3) is 6.76. The number of halogens is 4. The third-order valence-corrected chi connectivity index (χ3v) is 6.58. The maximum atomic E-state index is 13.4. The van der Waals surface area contributed by atoms with Gasteiger partial charge in [-0.1, -0.05) is 72.4 Å². The van der Waals surface area contributed by atoms with Crippen LogP contribution in [0.1, 0.15) is 44.7 Å². The molecule has 0 radical (unpaired) electrons. The van der Waals surface area contributed by atoms with Crippen LogP contribution in [0.15, 0.2) is 36.4 Å². The second-order valence-electron chi connectivity index (χ2n) is 7.34. The maximum absolute atomic E-state index is 13.4. The van der Waals surface area contributed by atoms with E-state index in [0.29, 0.717) is 37.6 Å². The molecule has 0 heterocycles. The van der Waals surface area contributed by atoms with Gasteiger partial charge in [-0.15, -0.1) is 0 Å². The van der Waals surface area contributed by atoms with Crippen LogP contribution in [0.3, 0.4) is 0 Å². The van der Waals surface area contributed by atoms with Crippen molar-refractivity contribution in [2.75, 3.05) is 0 Å². The summed E-state index contributed by atoms with van der Waals surface area (Å²) in [6.07, 6.45) is 1.15. The summed E-state index contributed by atoms with van der Waals surface area (Å²) in [6, 6.07) is 9.50. The fraction of sp³-hybridized carbons (Fsp3) is 0.391. The van der Waals surface area contributed by atoms with Crippen molar-refractivity contribution in [3.63, 3.8) is 0 Å². The fourth-order valence-electron chi connectivity index (χ4n) is 3.17. The van der Waals surface area contributed by atoms with E-state index in [1.165, 1.54) is 4.90 Å². The van der Waals surface area contributed by atoms with Gasteiger partial charge in [0.05, 0.1) is 6.42 Å². The van der Waals surface area contributed by atoms with Gasteiger partial charge in [-0.3, -0.25) is 9.59 Å². The number of nitrogens with zero attached hydrogens (tertiary/aromatic N) is 1. The average Bonchev–Trinajstić information content (AvgIpc) is 2.72. The van der Waals surface area contributed by atoms with Crippen LogP contribution < -0.4 is 5.32 Å². The summed E-state index contributed by atoms with van der Waals surface area (Å²) in [6.45, 7) is 5.85. The number of nitrogens with one attached hydrogen (secondary N) is 1. The van der Waals surface area contributed by atoms with Crippen LogP contribution in [0.4, 0.5) is 0 Å². The van der Waals surface area contributed by atoms with Crippen molar-refractivity contribution in [1.82, 2.24) is 10.2 Å². The lowest BCUT2D eigenvalue weighted by Crippen LogP contribution is -2.51. The minimum atomic E-state index is -0.699. The Labute approximate surface area is 203 Å². The first-order valence-corrected chi connectivity index (χ1v) is 11.7. The quantitative estimate of drug-likeness (QED) is 0.421. The standard InChI is InChI=1S/C23H26Cl4N2O2/c1-4-14(3)28-23(31)21(5-2)29(13-16-19(26)10-7-11-20(16)27)22(30)12-15-17(24)8-6-9-18(15)25/h6-11,14,21H,4-5,12-13H2,1-3H3,(H,28,31)/t14-,21+/m1/s1. The molecule has 0 unspecified atom stereocenters. The number of hydrogen-bond acceptors (Lipinski definition) is 2. The molecule has 2 atom stereocenters. The van der Waals surface area contributed by atoms with E-state index < -0.39 is 6.04 Å². The topological polar surface area (TPSA) is 49.4 Å². The highest BCUT2D eigenvalue weighted by Gasteiger charge is 2.31. The van der Waals surface area contributed by atoms with Crippen molar-refractivity contribution in [2.45, 2.75) is 58.7 Å². The van der Waals surface area contributed by atoms with Gasteiger partial charge < -0.3 is 10.2 Å². The zero-order valence-corrected chi connectivity index (χ0v) is 20.7. The Kier molecular flexibility index (Phi) is 9.95. The van der Waals surface area contributed by atoms with E-state index in [1.807, 2.05) is 20.8 Å². The predicted molar refractivity (Wildman–Crippen MR) is 129 cm³/mol. The second-order valence-corrected chi connectivity index (χ2v) is 8.97. The zero-order valence-electron chi connectivity index (χ0n) is 17.7. The number of carbonyl (C=O) groups is 2. The molecule has 1 N–H and O–H groups in total. The molecule has 0 saturated carbocycles. The lowest BCUT2D eigenvalue weighted by atomic mass is 10.1. The van der Waals surface area contributed by atoms with E-state index in [1.54, 1.807) is 36.4 Å². The van der Waals surface area contributed by atoms with Crippen LogP contribution in [-0.2, 0) is 22.6 Å². The average molecular weight is 504 g/mol. The summed E-state index contributed by atoms with van der Waals surface area (Å²) >= 11 is 25.3. The number of benzene rings is 2. The monoisotopic (exact) mass is 502 g/mol. The van der Waals surface area contributed by atoms with Gasteiger partial charge in [0.25, 0.3) is 0 Å². The molecule has 168 valence electrons. The summed E-state index contributed by atoms with van der Waals surface area (Å²) < 4.78 is 0. The molecule has 0 aliphatic rings. The van der Waals surface area contributed by atoms with Crippen molar-refractivity contribution in [1.29, 1.82) is 0 Å². The van der Waals surface area contributed by atoms with Gasteiger partial charge in [0.1, 0.15) is 6.04 Å². The summed E-state index contributed by atoms with van der Waals surface area (Å²) in [7, 11) is 0. The molecule has 2 aromatic rings. The Morgan fingerprint density at radius 2 is 1.35 bits per heavy atom. The first kappa shape index (κ1) is 25.8. The normalized spacial score (nSPS) is 12.9. The second kappa shape index (κ2) is 12.0. The van der Waals surface area contributed by atoms with Crippen molar-refractivity contribution in [3.05, 3.63) is 67.6 Å². The summed E-state index contributed by atoms with van der Waals surface area (Å²) in [5.41, 5.74) is 1.10. The van der Waals surface area contributed by atoms with E-state index in [-0.39, 0.29) is 30.8 Å². The fourth-order valence-corrected chi connectivity index (χ4v) is 4.22. The van der Waals surface area contributed by atoms with Crippen molar-refractivity contribution < 1.29 is 9.59 Å². The summed E-state index contributed by atoms with van der Waals surface area (Å²) in [5, 5.41) is 4.62. The maximum Gasteiger partial charge on any atom is 0.243 e. The van der Waals surface area contributed by atoms with Crippen LogP contribution in [0, 0.1) is 0 Å². The molecule has 0 saturated heterocycles. The number of rotatable bonds is 9. The highest BCUT2D eigenvalue weighted by molar-refractivity contribution is 6.36. The summed E-state index contributed by atoms with van der Waals surface area (Å²) in [5.74, 6) is -0.518. The molecule has 2 aromatic carbocycles. The smallest absolute Gasteiger partial charge is 0.243 e. The molecule has 0 spiro atoms. The third-order valence-electron chi connectivity index (χ3n) is 5.17. The van der Waals surface area contributed by atoms with Crippen molar-refractivity contribution in [2.24, 2.45) is 0 Å². The van der Waals surface area contributed by atoms with Gasteiger partial charge in [0, 0.05) is 38.2 Å². The Morgan fingerprint density at radius 3 is 1.81 bits per heavy atom. The molecular formula is C23H26Cl4N2O2. The zero-order chi connectivity index (χ0) is 23.1. The van der Waals surface area contributed by atoms with Crippen molar-refractivity contribution in [3.8, 4) is 0 Å². The first-order valence-electron chi connectivity index (χ1n) is 10.1. The molecule has 31 heavy (non-hydrogen) atoms. The van der Waals surface area contributed by atoms with Crippen LogP contribution in [-0.4, -0.2) is 28.8 Å². The lowest BCUT2D eigenvalue weighted by Gasteiger charge is -2.32. The van der Waals surface area contributed by atoms with E-state index in [9.17, 15) is 9.59 Å². The predicted octanol–water partition coefficient (Wildman–Crippen LogP) is 6.56.